The molecule has 0 aromatic heterocycles. The lowest BCUT2D eigenvalue weighted by Gasteiger charge is -2.15. The van der Waals surface area contributed by atoms with Gasteiger partial charge < -0.3 is 14.9 Å². The summed E-state index contributed by atoms with van der Waals surface area (Å²) in [7, 11) is 0. The van der Waals surface area contributed by atoms with Gasteiger partial charge in [0.05, 0.1) is 12.3 Å². The number of unbranched alkanes of at least 4 members (excludes halogenated alkanes) is 1. The quantitative estimate of drug-likeness (QED) is 0.634. The molecule has 0 aliphatic carbocycles. The fourth-order valence-electron chi connectivity index (χ4n) is 2.05. The van der Waals surface area contributed by atoms with Crippen molar-refractivity contribution >= 4 is 17.7 Å². The monoisotopic (exact) mass is 309 g/mol. The van der Waals surface area contributed by atoms with Crippen LogP contribution in [0.25, 0.3) is 0 Å². The normalized spacial score (nSPS) is 11.7. The number of carbonyl (C=O) groups is 2. The van der Waals surface area contributed by atoms with Gasteiger partial charge in [0, 0.05) is 0 Å². The minimum atomic E-state index is -1.26. The number of hydrogen-bond acceptors (Lipinski definition) is 4. The number of benzene rings is 1. The van der Waals surface area contributed by atoms with Gasteiger partial charge in [0.15, 0.2) is 5.75 Å². The number of aromatic carboxylic acids is 1. The van der Waals surface area contributed by atoms with Crippen LogP contribution in [0.3, 0.4) is 0 Å². The summed E-state index contributed by atoms with van der Waals surface area (Å²) in [5.41, 5.74) is -0.251. The summed E-state index contributed by atoms with van der Waals surface area (Å²) in [5, 5.41) is 21.1. The second-order valence-corrected chi connectivity index (χ2v) is 5.15. The largest absolute Gasteiger partial charge is 0.505 e. The molecule has 1 aromatic carbocycles. The molecule has 0 aliphatic heterocycles. The number of carbonyl (C=O) groups excluding carboxylic acids is 1. The maximum Gasteiger partial charge on any atom is 0.411 e. The molecule has 0 fully saturated rings. The molecule has 3 N–H and O–H groups in total. The number of para-hydroxylation sites is 1. The van der Waals surface area contributed by atoms with E-state index >= 15 is 0 Å². The van der Waals surface area contributed by atoms with Crippen LogP contribution in [0.2, 0.25) is 0 Å². The van der Waals surface area contributed by atoms with Crippen LogP contribution < -0.4 is 5.32 Å². The van der Waals surface area contributed by atoms with Crippen LogP contribution in [0.5, 0.6) is 5.75 Å². The summed E-state index contributed by atoms with van der Waals surface area (Å²) >= 11 is 0. The van der Waals surface area contributed by atoms with Crippen LogP contribution in [-0.4, -0.2) is 28.9 Å². The van der Waals surface area contributed by atoms with Crippen molar-refractivity contribution in [2.75, 3.05) is 11.9 Å². The smallest absolute Gasteiger partial charge is 0.411 e. The van der Waals surface area contributed by atoms with E-state index < -0.39 is 17.8 Å². The first-order chi connectivity index (χ1) is 10.5. The van der Waals surface area contributed by atoms with Gasteiger partial charge in [-0.25, -0.2) is 9.59 Å². The predicted octanol–water partition coefficient (Wildman–Crippen LogP) is 3.86. The Morgan fingerprint density at radius 2 is 2.05 bits per heavy atom. The Morgan fingerprint density at radius 1 is 1.32 bits per heavy atom. The van der Waals surface area contributed by atoms with E-state index in [1.54, 1.807) is 0 Å². The van der Waals surface area contributed by atoms with E-state index in [1.165, 1.54) is 18.2 Å². The number of nitrogens with one attached hydrogen (secondary N) is 1. The molecule has 0 bridgehead atoms. The topological polar surface area (TPSA) is 95.9 Å². The number of carboxylic acids is 1. The number of amides is 1. The van der Waals surface area contributed by atoms with Crippen LogP contribution in [0.4, 0.5) is 10.5 Å². The molecular formula is C16H23NO5. The van der Waals surface area contributed by atoms with Gasteiger partial charge in [-0.15, -0.1) is 0 Å². The molecule has 0 radical (unpaired) electrons. The fraction of sp³-hybridized carbons (Fsp3) is 0.500. The lowest BCUT2D eigenvalue weighted by molar-refractivity contribution is 0.0693. The molecule has 0 aliphatic rings. The first kappa shape index (κ1) is 17.8. The standard InChI is InChI=1S/C16H23NO5/c1-3-5-7-11(4-2)10-22-16(21)17-13-9-6-8-12(14(13)18)15(19)20/h6,8-9,11,18H,3-5,7,10H2,1-2H3,(H,17,21)(H,19,20). The maximum atomic E-state index is 11.7. The number of rotatable bonds is 8. The van der Waals surface area contributed by atoms with E-state index in [1.807, 2.05) is 6.92 Å². The maximum absolute atomic E-state index is 11.7. The third-order valence-electron chi connectivity index (χ3n) is 3.50. The van der Waals surface area contributed by atoms with Crippen molar-refractivity contribution in [3.8, 4) is 5.75 Å². The van der Waals surface area contributed by atoms with E-state index in [4.69, 9.17) is 9.84 Å². The van der Waals surface area contributed by atoms with Gasteiger partial charge in [0.1, 0.15) is 5.56 Å². The zero-order valence-electron chi connectivity index (χ0n) is 13.0. The second-order valence-electron chi connectivity index (χ2n) is 5.15. The van der Waals surface area contributed by atoms with Crippen LogP contribution in [0.15, 0.2) is 18.2 Å². The van der Waals surface area contributed by atoms with Gasteiger partial charge in [0.2, 0.25) is 0 Å². The third-order valence-corrected chi connectivity index (χ3v) is 3.50. The van der Waals surface area contributed by atoms with E-state index in [-0.39, 0.29) is 11.3 Å². The molecule has 1 rings (SSSR count). The number of ether oxygens (including phenoxy) is 1. The highest BCUT2D eigenvalue weighted by Crippen LogP contribution is 2.27. The first-order valence-corrected chi connectivity index (χ1v) is 7.48. The summed E-state index contributed by atoms with van der Waals surface area (Å²) in [4.78, 5) is 22.7. The zero-order valence-corrected chi connectivity index (χ0v) is 13.0. The van der Waals surface area contributed by atoms with Crippen LogP contribution in [0.1, 0.15) is 49.9 Å². The Bertz CT molecular complexity index is 515. The third kappa shape index (κ3) is 5.27. The summed E-state index contributed by atoms with van der Waals surface area (Å²) in [6, 6.07) is 4.11. The van der Waals surface area contributed by atoms with Crippen LogP contribution in [0, 0.1) is 5.92 Å². The molecule has 1 atom stereocenters. The zero-order chi connectivity index (χ0) is 16.5. The van der Waals surface area contributed by atoms with E-state index in [9.17, 15) is 14.7 Å². The number of aromatic hydroxyl groups is 1. The van der Waals surface area contributed by atoms with E-state index in [2.05, 4.69) is 12.2 Å². The average Bonchev–Trinajstić information content (AvgIpc) is 2.49. The predicted molar refractivity (Wildman–Crippen MR) is 83.3 cm³/mol. The molecule has 6 nitrogen and oxygen atoms in total. The highest BCUT2D eigenvalue weighted by Gasteiger charge is 2.16. The summed E-state index contributed by atoms with van der Waals surface area (Å²) < 4.78 is 5.14. The number of carboxylic acid groups (broad SMARTS) is 1. The van der Waals surface area contributed by atoms with Crippen molar-refractivity contribution in [3.05, 3.63) is 23.8 Å². The van der Waals surface area contributed by atoms with Gasteiger partial charge in [-0.05, 0) is 24.5 Å². The lowest BCUT2D eigenvalue weighted by atomic mass is 10.0. The van der Waals surface area contributed by atoms with Crippen LogP contribution >= 0.6 is 0 Å². The number of phenols is 1. The molecule has 1 unspecified atom stereocenters. The summed E-state index contributed by atoms with van der Waals surface area (Å²) in [5.74, 6) is -1.44. The molecule has 1 amide bonds. The summed E-state index contributed by atoms with van der Waals surface area (Å²) in [6.07, 6.45) is 3.41. The van der Waals surface area contributed by atoms with Crippen molar-refractivity contribution in [1.29, 1.82) is 0 Å². The van der Waals surface area contributed by atoms with Crippen molar-refractivity contribution in [2.24, 2.45) is 5.92 Å². The SMILES string of the molecule is CCCCC(CC)COC(=O)Nc1cccc(C(=O)O)c1O. The highest BCUT2D eigenvalue weighted by molar-refractivity contribution is 5.96. The minimum absolute atomic E-state index is 0.0199. The van der Waals surface area contributed by atoms with Crippen molar-refractivity contribution < 1.29 is 24.5 Å². The lowest BCUT2D eigenvalue weighted by Crippen LogP contribution is -2.19. The van der Waals surface area contributed by atoms with Crippen molar-refractivity contribution in [3.63, 3.8) is 0 Å². The molecule has 0 spiro atoms. The van der Waals surface area contributed by atoms with Gasteiger partial charge in [0.25, 0.3) is 0 Å². The molecule has 1 aromatic rings. The Morgan fingerprint density at radius 3 is 2.64 bits per heavy atom. The number of hydrogen-bond donors (Lipinski definition) is 3. The van der Waals surface area contributed by atoms with Crippen LogP contribution in [-0.2, 0) is 4.74 Å². The van der Waals surface area contributed by atoms with Gasteiger partial charge in [-0.2, -0.15) is 0 Å². The average molecular weight is 309 g/mol. The molecule has 0 heterocycles. The second kappa shape index (κ2) is 8.92. The molecule has 122 valence electrons. The fourth-order valence-corrected chi connectivity index (χ4v) is 2.05. The minimum Gasteiger partial charge on any atom is -0.505 e. The van der Waals surface area contributed by atoms with Crippen molar-refractivity contribution in [1.82, 2.24) is 0 Å². The summed E-state index contributed by atoms with van der Waals surface area (Å²) in [6.45, 7) is 4.46. The first-order valence-electron chi connectivity index (χ1n) is 7.48. The van der Waals surface area contributed by atoms with Gasteiger partial charge >= 0.3 is 12.1 Å². The van der Waals surface area contributed by atoms with Gasteiger partial charge in [-0.1, -0.05) is 39.2 Å². The Balaban J connectivity index is 2.58. The Kier molecular flexibility index (Phi) is 7.22. The Labute approximate surface area is 130 Å². The molecule has 0 saturated carbocycles. The van der Waals surface area contributed by atoms with E-state index in [0.717, 1.165) is 25.7 Å². The molecule has 22 heavy (non-hydrogen) atoms. The molecule has 6 heteroatoms. The molecular weight excluding hydrogens is 286 g/mol. The van der Waals surface area contributed by atoms with Crippen molar-refractivity contribution in [2.45, 2.75) is 39.5 Å². The Hall–Kier alpha value is -2.24. The van der Waals surface area contributed by atoms with Gasteiger partial charge in [-0.3, -0.25) is 5.32 Å². The highest BCUT2D eigenvalue weighted by atomic mass is 16.5. The number of anilines is 1. The molecule has 0 saturated heterocycles. The van der Waals surface area contributed by atoms with E-state index in [0.29, 0.717) is 12.5 Å².